The minimum atomic E-state index is -0.830. The molecule has 1 N–H and O–H groups in total. The van der Waals surface area contributed by atoms with Crippen molar-refractivity contribution in [1.29, 1.82) is 0 Å². The molecule has 0 aliphatic rings. The van der Waals surface area contributed by atoms with Crippen LogP contribution in [0.15, 0.2) is 24.3 Å². The van der Waals surface area contributed by atoms with E-state index in [2.05, 4.69) is 0 Å². The Morgan fingerprint density at radius 3 is 2.41 bits per heavy atom. The molecule has 0 saturated heterocycles. The molecule has 0 unspecified atom stereocenters. The average molecular weight is 238 g/mol. The largest absolute Gasteiger partial charge is 0.491 e. The lowest BCUT2D eigenvalue weighted by Gasteiger charge is -2.09. The minimum Gasteiger partial charge on any atom is -0.491 e. The Labute approximate surface area is 101 Å². The fourth-order valence-corrected chi connectivity index (χ4v) is 1.32. The van der Waals surface area contributed by atoms with E-state index in [0.717, 1.165) is 11.3 Å². The molecule has 0 saturated carbocycles. The molecule has 0 aromatic heterocycles. The molecular weight excluding hydrogens is 220 g/mol. The maximum atomic E-state index is 10.5. The van der Waals surface area contributed by atoms with Crippen LogP contribution in [0, 0.1) is 0 Å². The molecule has 94 valence electrons. The predicted molar refractivity (Wildman–Crippen MR) is 64.4 cm³/mol. The summed E-state index contributed by atoms with van der Waals surface area (Å²) in [7, 11) is 0. The zero-order valence-corrected chi connectivity index (χ0v) is 10.2. The summed E-state index contributed by atoms with van der Waals surface area (Å²) >= 11 is 0. The van der Waals surface area contributed by atoms with E-state index in [4.69, 9.17) is 14.6 Å². The number of aliphatic carboxylic acids is 1. The van der Waals surface area contributed by atoms with Crippen LogP contribution in [-0.2, 0) is 16.0 Å². The summed E-state index contributed by atoms with van der Waals surface area (Å²) in [5.41, 5.74) is 0.767. The number of benzene rings is 1. The van der Waals surface area contributed by atoms with E-state index in [1.54, 1.807) is 24.3 Å². The van der Waals surface area contributed by atoms with Crippen LogP contribution in [0.2, 0.25) is 0 Å². The molecule has 0 amide bonds. The lowest BCUT2D eigenvalue weighted by atomic mass is 10.1. The number of carboxylic acid groups (broad SMARTS) is 1. The molecule has 0 heterocycles. The normalized spacial score (nSPS) is 10.5. The highest BCUT2D eigenvalue weighted by molar-refractivity contribution is 5.70. The van der Waals surface area contributed by atoms with Crippen molar-refractivity contribution in [2.45, 2.75) is 26.4 Å². The molecular formula is C13H18O4. The van der Waals surface area contributed by atoms with Gasteiger partial charge in [-0.1, -0.05) is 12.1 Å². The Bertz CT molecular complexity index is 343. The van der Waals surface area contributed by atoms with Gasteiger partial charge in [0.2, 0.25) is 0 Å². The number of carbonyl (C=O) groups is 1. The van der Waals surface area contributed by atoms with Crippen LogP contribution in [0.1, 0.15) is 19.4 Å². The zero-order chi connectivity index (χ0) is 12.7. The third-order valence-corrected chi connectivity index (χ3v) is 2.08. The van der Waals surface area contributed by atoms with Crippen LogP contribution < -0.4 is 4.74 Å². The third-order valence-electron chi connectivity index (χ3n) is 2.08. The van der Waals surface area contributed by atoms with Gasteiger partial charge in [0.25, 0.3) is 0 Å². The van der Waals surface area contributed by atoms with Crippen molar-refractivity contribution in [3.8, 4) is 5.75 Å². The summed E-state index contributed by atoms with van der Waals surface area (Å²) in [5, 5.41) is 8.61. The van der Waals surface area contributed by atoms with Crippen LogP contribution in [0.3, 0.4) is 0 Å². The molecule has 1 aromatic carbocycles. The molecule has 1 aromatic rings. The van der Waals surface area contributed by atoms with Crippen LogP contribution in [0.25, 0.3) is 0 Å². The highest BCUT2D eigenvalue weighted by atomic mass is 16.5. The van der Waals surface area contributed by atoms with Gasteiger partial charge in [0.15, 0.2) is 0 Å². The van der Waals surface area contributed by atoms with Gasteiger partial charge in [0.1, 0.15) is 12.4 Å². The highest BCUT2D eigenvalue weighted by Gasteiger charge is 2.01. The molecule has 17 heavy (non-hydrogen) atoms. The number of carboxylic acids is 1. The van der Waals surface area contributed by atoms with Gasteiger partial charge in [-0.25, -0.2) is 0 Å². The second-order valence-corrected chi connectivity index (χ2v) is 3.98. The second-order valence-electron chi connectivity index (χ2n) is 3.98. The Kier molecular flexibility index (Phi) is 5.49. The fraction of sp³-hybridized carbons (Fsp3) is 0.462. The first kappa shape index (κ1) is 13.5. The molecule has 1 rings (SSSR count). The topological polar surface area (TPSA) is 55.8 Å². The van der Waals surface area contributed by atoms with E-state index in [0.29, 0.717) is 13.2 Å². The lowest BCUT2D eigenvalue weighted by molar-refractivity contribution is -0.136. The van der Waals surface area contributed by atoms with Crippen molar-refractivity contribution in [3.63, 3.8) is 0 Å². The van der Waals surface area contributed by atoms with E-state index >= 15 is 0 Å². The van der Waals surface area contributed by atoms with Gasteiger partial charge < -0.3 is 14.6 Å². The van der Waals surface area contributed by atoms with Gasteiger partial charge in [-0.3, -0.25) is 4.79 Å². The van der Waals surface area contributed by atoms with Crippen molar-refractivity contribution in [1.82, 2.24) is 0 Å². The van der Waals surface area contributed by atoms with Gasteiger partial charge in [-0.05, 0) is 31.5 Å². The quantitative estimate of drug-likeness (QED) is 0.739. The van der Waals surface area contributed by atoms with Crippen molar-refractivity contribution in [2.24, 2.45) is 0 Å². The lowest BCUT2D eigenvalue weighted by Crippen LogP contribution is -2.11. The SMILES string of the molecule is CC(C)OCCOc1ccc(CC(=O)O)cc1. The second kappa shape index (κ2) is 6.91. The molecule has 0 bridgehead atoms. The predicted octanol–water partition coefficient (Wildman–Crippen LogP) is 2.12. The molecule has 0 aliphatic heterocycles. The molecule has 0 atom stereocenters. The van der Waals surface area contributed by atoms with Gasteiger partial charge >= 0.3 is 5.97 Å². The fourth-order valence-electron chi connectivity index (χ4n) is 1.32. The summed E-state index contributed by atoms with van der Waals surface area (Å²) in [6, 6.07) is 7.06. The summed E-state index contributed by atoms with van der Waals surface area (Å²) in [4.78, 5) is 10.5. The third kappa shape index (κ3) is 5.92. The summed E-state index contributed by atoms with van der Waals surface area (Å²) in [6.45, 7) is 4.99. The van der Waals surface area contributed by atoms with Crippen molar-refractivity contribution in [3.05, 3.63) is 29.8 Å². The monoisotopic (exact) mass is 238 g/mol. The van der Waals surface area contributed by atoms with E-state index in [1.165, 1.54) is 0 Å². The number of rotatable bonds is 7. The number of hydrogen-bond donors (Lipinski definition) is 1. The molecule has 0 fully saturated rings. The van der Waals surface area contributed by atoms with E-state index in [-0.39, 0.29) is 12.5 Å². The first-order valence-corrected chi connectivity index (χ1v) is 5.63. The Balaban J connectivity index is 2.32. The van der Waals surface area contributed by atoms with E-state index in [9.17, 15) is 4.79 Å². The molecule has 4 nitrogen and oxygen atoms in total. The standard InChI is InChI=1S/C13H18O4/c1-10(2)16-7-8-17-12-5-3-11(4-6-12)9-13(14)15/h3-6,10H,7-9H2,1-2H3,(H,14,15). The van der Waals surface area contributed by atoms with Crippen LogP contribution in [-0.4, -0.2) is 30.4 Å². The Hall–Kier alpha value is -1.55. The first-order valence-electron chi connectivity index (χ1n) is 5.63. The molecule has 0 spiro atoms. The summed E-state index contributed by atoms with van der Waals surface area (Å²) in [5.74, 6) is -0.101. The van der Waals surface area contributed by atoms with Crippen LogP contribution >= 0.6 is 0 Å². The summed E-state index contributed by atoms with van der Waals surface area (Å²) in [6.07, 6.45) is 0.244. The Morgan fingerprint density at radius 2 is 1.88 bits per heavy atom. The first-order chi connectivity index (χ1) is 8.08. The van der Waals surface area contributed by atoms with E-state index in [1.807, 2.05) is 13.8 Å². The molecule has 0 aliphatic carbocycles. The van der Waals surface area contributed by atoms with Crippen LogP contribution in [0.5, 0.6) is 5.75 Å². The maximum absolute atomic E-state index is 10.5. The van der Waals surface area contributed by atoms with Gasteiger partial charge in [-0.2, -0.15) is 0 Å². The van der Waals surface area contributed by atoms with E-state index < -0.39 is 5.97 Å². The number of ether oxygens (including phenoxy) is 2. The average Bonchev–Trinajstić information content (AvgIpc) is 2.25. The Morgan fingerprint density at radius 1 is 1.24 bits per heavy atom. The van der Waals surface area contributed by atoms with Crippen molar-refractivity contribution < 1.29 is 19.4 Å². The van der Waals surface area contributed by atoms with Crippen LogP contribution in [0.4, 0.5) is 0 Å². The zero-order valence-electron chi connectivity index (χ0n) is 10.2. The van der Waals surface area contributed by atoms with Gasteiger partial charge in [0, 0.05) is 0 Å². The number of hydrogen-bond acceptors (Lipinski definition) is 3. The maximum Gasteiger partial charge on any atom is 0.307 e. The van der Waals surface area contributed by atoms with Gasteiger partial charge in [0.05, 0.1) is 19.1 Å². The molecule has 4 heteroatoms. The summed E-state index contributed by atoms with van der Waals surface area (Å²) < 4.78 is 10.8. The highest BCUT2D eigenvalue weighted by Crippen LogP contribution is 2.12. The van der Waals surface area contributed by atoms with Gasteiger partial charge in [-0.15, -0.1) is 0 Å². The smallest absolute Gasteiger partial charge is 0.307 e. The molecule has 0 radical (unpaired) electrons. The van der Waals surface area contributed by atoms with Crippen molar-refractivity contribution >= 4 is 5.97 Å². The minimum absolute atomic E-state index is 0.0384. The van der Waals surface area contributed by atoms with Crippen molar-refractivity contribution in [2.75, 3.05) is 13.2 Å².